The molecule has 3 atom stereocenters. The van der Waals surface area contributed by atoms with Crippen LogP contribution in [0.4, 0.5) is 0 Å². The first-order valence-electron chi connectivity index (χ1n) is 12.7. The molecule has 0 bridgehead atoms. The summed E-state index contributed by atoms with van der Waals surface area (Å²) in [5, 5.41) is 20.4. The number of aliphatic carboxylic acids is 1. The van der Waals surface area contributed by atoms with Crippen LogP contribution in [0, 0.1) is 0 Å². The van der Waals surface area contributed by atoms with Crippen molar-refractivity contribution in [3.8, 4) is 5.69 Å². The van der Waals surface area contributed by atoms with Crippen molar-refractivity contribution in [1.82, 2.24) is 20.4 Å². The first-order valence-corrected chi connectivity index (χ1v) is 13.5. The molecule has 37 heavy (non-hydrogen) atoms. The third kappa shape index (κ3) is 6.48. The number of aromatic nitrogens is 2. The number of carbonyl (C=O) groups is 3. The minimum atomic E-state index is -1.07. The van der Waals surface area contributed by atoms with Gasteiger partial charge in [0.2, 0.25) is 5.91 Å². The van der Waals surface area contributed by atoms with Gasteiger partial charge in [0, 0.05) is 29.3 Å². The van der Waals surface area contributed by atoms with Gasteiger partial charge < -0.3 is 20.5 Å². The minimum Gasteiger partial charge on any atom is -0.478 e. The molecule has 3 N–H and O–H groups in total. The lowest BCUT2D eigenvalue weighted by Gasteiger charge is -2.38. The Morgan fingerprint density at radius 2 is 1.84 bits per heavy atom. The molecule has 1 heterocycles. The van der Waals surface area contributed by atoms with E-state index in [-0.39, 0.29) is 24.0 Å². The Labute approximate surface area is 224 Å². The van der Waals surface area contributed by atoms with E-state index in [0.29, 0.717) is 11.6 Å². The molecule has 2 aliphatic rings. The van der Waals surface area contributed by atoms with E-state index < -0.39 is 30.1 Å². The van der Waals surface area contributed by atoms with E-state index in [2.05, 4.69) is 26.6 Å². The fourth-order valence-corrected chi connectivity index (χ4v) is 4.93. The molecule has 198 valence electrons. The van der Waals surface area contributed by atoms with E-state index in [1.165, 1.54) is 6.92 Å². The van der Waals surface area contributed by atoms with E-state index in [9.17, 15) is 19.5 Å². The summed E-state index contributed by atoms with van der Waals surface area (Å²) in [5.41, 5.74) is 2.09. The van der Waals surface area contributed by atoms with Crippen molar-refractivity contribution in [3.05, 3.63) is 57.8 Å². The molecule has 1 aromatic heterocycles. The molecule has 1 fully saturated rings. The highest BCUT2D eigenvalue weighted by molar-refractivity contribution is 9.10. The number of hydrogen-bond acceptors (Lipinski definition) is 5. The SMILES string of the molecule is CCC(CC)O[C@@H]1C=C(C(=O)O)C[C@H](NC(=O)c2cc(C3CC3)nn2-c2ccc(Br)cc2)[C@H]1NC(C)=O. The summed E-state index contributed by atoms with van der Waals surface area (Å²) in [6.45, 7) is 5.38. The van der Waals surface area contributed by atoms with Crippen LogP contribution in [0.2, 0.25) is 0 Å². The smallest absolute Gasteiger partial charge is 0.331 e. The maximum Gasteiger partial charge on any atom is 0.331 e. The Morgan fingerprint density at radius 3 is 2.41 bits per heavy atom. The molecular formula is C27H33BrN4O5. The van der Waals surface area contributed by atoms with E-state index in [4.69, 9.17) is 9.84 Å². The Bertz CT molecular complexity index is 1180. The summed E-state index contributed by atoms with van der Waals surface area (Å²) >= 11 is 3.44. The Morgan fingerprint density at radius 1 is 1.16 bits per heavy atom. The zero-order valence-corrected chi connectivity index (χ0v) is 22.8. The van der Waals surface area contributed by atoms with Crippen LogP contribution in [0.3, 0.4) is 0 Å². The Balaban J connectivity index is 1.66. The number of rotatable bonds is 10. The fourth-order valence-electron chi connectivity index (χ4n) is 4.67. The van der Waals surface area contributed by atoms with Gasteiger partial charge in [-0.15, -0.1) is 0 Å². The normalized spacial score (nSPS) is 21.4. The van der Waals surface area contributed by atoms with E-state index in [1.54, 1.807) is 16.8 Å². The number of nitrogens with zero attached hydrogens (tertiary/aromatic N) is 2. The van der Waals surface area contributed by atoms with E-state index in [1.807, 2.05) is 38.1 Å². The highest BCUT2D eigenvalue weighted by Crippen LogP contribution is 2.40. The van der Waals surface area contributed by atoms with Gasteiger partial charge in [0.25, 0.3) is 5.91 Å². The van der Waals surface area contributed by atoms with Crippen molar-refractivity contribution in [1.29, 1.82) is 0 Å². The van der Waals surface area contributed by atoms with Crippen LogP contribution in [0.25, 0.3) is 5.69 Å². The predicted molar refractivity (Wildman–Crippen MR) is 142 cm³/mol. The molecule has 10 heteroatoms. The van der Waals surface area contributed by atoms with Gasteiger partial charge in [0.05, 0.1) is 35.7 Å². The quantitative estimate of drug-likeness (QED) is 0.394. The van der Waals surface area contributed by atoms with Gasteiger partial charge in [-0.1, -0.05) is 29.8 Å². The van der Waals surface area contributed by atoms with Gasteiger partial charge in [-0.2, -0.15) is 5.10 Å². The van der Waals surface area contributed by atoms with Gasteiger partial charge >= 0.3 is 5.97 Å². The van der Waals surface area contributed by atoms with Gasteiger partial charge in [-0.25, -0.2) is 9.48 Å². The summed E-state index contributed by atoms with van der Waals surface area (Å²) in [5.74, 6) is -1.42. The first-order chi connectivity index (χ1) is 17.7. The summed E-state index contributed by atoms with van der Waals surface area (Å²) in [7, 11) is 0. The average molecular weight is 573 g/mol. The maximum absolute atomic E-state index is 13.7. The molecular weight excluding hydrogens is 540 g/mol. The lowest BCUT2D eigenvalue weighted by atomic mass is 9.87. The highest BCUT2D eigenvalue weighted by Gasteiger charge is 2.39. The molecule has 9 nitrogen and oxygen atoms in total. The number of carboxylic acid groups (broad SMARTS) is 1. The minimum absolute atomic E-state index is 0.0523. The third-order valence-electron chi connectivity index (χ3n) is 6.84. The predicted octanol–water partition coefficient (Wildman–Crippen LogP) is 4.10. The molecule has 0 aliphatic heterocycles. The number of halogens is 1. The van der Waals surface area contributed by atoms with Gasteiger partial charge in [-0.05, 0) is 62.1 Å². The molecule has 1 aromatic carbocycles. The standard InChI is InChI=1S/C27H33BrN4O5/c1-4-20(5-2)37-24-13-17(27(35)36)12-22(25(24)29-15(3)33)30-26(34)23-14-21(16-6-7-16)31-32(23)19-10-8-18(28)9-11-19/h8-11,13-14,16,20,22,24-25H,4-7,12H2,1-3H3,(H,29,33)(H,30,34)(H,35,36)/t22-,24+,25+/m0/s1. The number of nitrogens with one attached hydrogen (secondary N) is 2. The molecule has 2 aliphatic carbocycles. The molecule has 1 saturated carbocycles. The lowest BCUT2D eigenvalue weighted by molar-refractivity contribution is -0.133. The van der Waals surface area contributed by atoms with Gasteiger partial charge in [-0.3, -0.25) is 9.59 Å². The van der Waals surface area contributed by atoms with Gasteiger partial charge in [0.15, 0.2) is 0 Å². The summed E-state index contributed by atoms with van der Waals surface area (Å²) in [4.78, 5) is 37.8. The van der Waals surface area contributed by atoms with Crippen LogP contribution in [0.5, 0.6) is 0 Å². The monoisotopic (exact) mass is 572 g/mol. The highest BCUT2D eigenvalue weighted by atomic mass is 79.9. The zero-order chi connectivity index (χ0) is 26.7. The van der Waals surface area contributed by atoms with Crippen LogP contribution in [-0.4, -0.2) is 57.0 Å². The molecule has 0 spiro atoms. The molecule has 0 radical (unpaired) electrons. The van der Waals surface area contributed by atoms with Crippen molar-refractivity contribution >= 4 is 33.7 Å². The zero-order valence-electron chi connectivity index (χ0n) is 21.2. The fraction of sp³-hybridized carbons (Fsp3) is 0.481. The second-order valence-corrected chi connectivity index (χ2v) is 10.6. The van der Waals surface area contributed by atoms with Crippen molar-refractivity contribution in [3.63, 3.8) is 0 Å². The number of carbonyl (C=O) groups excluding carboxylic acids is 2. The van der Waals surface area contributed by atoms with E-state index >= 15 is 0 Å². The molecule has 4 rings (SSSR count). The van der Waals surface area contributed by atoms with Crippen molar-refractivity contribution in [2.75, 3.05) is 0 Å². The number of benzene rings is 1. The Kier molecular flexibility index (Phi) is 8.49. The van der Waals surface area contributed by atoms with Crippen molar-refractivity contribution in [2.45, 2.75) is 83.1 Å². The largest absolute Gasteiger partial charge is 0.478 e. The van der Waals surface area contributed by atoms with Crippen LogP contribution in [0.1, 0.15) is 75.0 Å². The molecule has 0 unspecified atom stereocenters. The van der Waals surface area contributed by atoms with Crippen molar-refractivity contribution < 1.29 is 24.2 Å². The summed E-state index contributed by atoms with van der Waals surface area (Å²) in [6, 6.07) is 7.99. The second kappa shape index (κ2) is 11.6. The lowest BCUT2D eigenvalue weighted by Crippen LogP contribution is -2.59. The van der Waals surface area contributed by atoms with E-state index in [0.717, 1.165) is 41.5 Å². The topological polar surface area (TPSA) is 123 Å². The number of ether oxygens (including phenoxy) is 1. The van der Waals surface area contributed by atoms with Crippen LogP contribution in [-0.2, 0) is 14.3 Å². The number of carboxylic acids is 1. The number of hydrogen-bond donors (Lipinski definition) is 3. The van der Waals surface area contributed by atoms with Crippen LogP contribution < -0.4 is 10.6 Å². The van der Waals surface area contributed by atoms with Gasteiger partial charge in [0.1, 0.15) is 5.69 Å². The summed E-state index contributed by atoms with van der Waals surface area (Å²) < 4.78 is 8.76. The first kappa shape index (κ1) is 27.1. The molecule has 2 amide bonds. The molecule has 0 saturated heterocycles. The molecule has 2 aromatic rings. The van der Waals surface area contributed by atoms with Crippen LogP contribution in [0.15, 0.2) is 46.5 Å². The van der Waals surface area contributed by atoms with Crippen LogP contribution >= 0.6 is 15.9 Å². The van der Waals surface area contributed by atoms with Crippen molar-refractivity contribution in [2.24, 2.45) is 0 Å². The Hall–Kier alpha value is -2.98. The second-order valence-electron chi connectivity index (χ2n) is 9.66. The third-order valence-corrected chi connectivity index (χ3v) is 7.37. The number of amides is 2. The summed E-state index contributed by atoms with van der Waals surface area (Å²) in [6.07, 6.45) is 4.35. The average Bonchev–Trinajstić information content (AvgIpc) is 3.62. The maximum atomic E-state index is 13.7.